The highest BCUT2D eigenvalue weighted by atomic mass is 32.1. The van der Waals surface area contributed by atoms with Crippen LogP contribution in [-0.2, 0) is 0 Å². The number of thiazole rings is 1. The van der Waals surface area contributed by atoms with E-state index in [9.17, 15) is 4.79 Å². The molecule has 0 atom stereocenters. The number of benzene rings is 1. The van der Waals surface area contributed by atoms with Gasteiger partial charge in [0.1, 0.15) is 0 Å². The SMILES string of the molecule is O=C(NC1CCCCC1)c1nc2ccccc2s1. The van der Waals surface area contributed by atoms with E-state index in [1.807, 2.05) is 24.3 Å². The highest BCUT2D eigenvalue weighted by molar-refractivity contribution is 7.20. The van der Waals surface area contributed by atoms with Gasteiger partial charge < -0.3 is 5.32 Å². The van der Waals surface area contributed by atoms with Crippen molar-refractivity contribution in [2.45, 2.75) is 38.1 Å². The summed E-state index contributed by atoms with van der Waals surface area (Å²) in [5.74, 6) is -0.0110. The zero-order valence-corrected chi connectivity index (χ0v) is 11.0. The molecule has 1 aromatic heterocycles. The van der Waals surface area contributed by atoms with E-state index >= 15 is 0 Å². The van der Waals surface area contributed by atoms with Crippen LogP contribution in [0.15, 0.2) is 24.3 Å². The van der Waals surface area contributed by atoms with E-state index in [1.165, 1.54) is 30.6 Å². The molecule has 1 fully saturated rings. The smallest absolute Gasteiger partial charge is 0.280 e. The van der Waals surface area contributed by atoms with Crippen molar-refractivity contribution in [1.82, 2.24) is 10.3 Å². The molecule has 3 rings (SSSR count). The Bertz CT molecular complexity index is 525. The van der Waals surface area contributed by atoms with E-state index in [0.29, 0.717) is 11.0 Å². The van der Waals surface area contributed by atoms with Crippen molar-refractivity contribution in [2.75, 3.05) is 0 Å². The molecule has 1 heterocycles. The first-order chi connectivity index (χ1) is 8.83. The average molecular weight is 260 g/mol. The highest BCUT2D eigenvalue weighted by Gasteiger charge is 2.18. The van der Waals surface area contributed by atoms with Crippen LogP contribution >= 0.6 is 11.3 Å². The van der Waals surface area contributed by atoms with Crippen LogP contribution in [-0.4, -0.2) is 16.9 Å². The number of carbonyl (C=O) groups is 1. The van der Waals surface area contributed by atoms with Crippen LogP contribution in [0.25, 0.3) is 10.2 Å². The van der Waals surface area contributed by atoms with Gasteiger partial charge in [-0.15, -0.1) is 11.3 Å². The quantitative estimate of drug-likeness (QED) is 0.899. The minimum atomic E-state index is -0.0110. The predicted octanol–water partition coefficient (Wildman–Crippen LogP) is 3.36. The summed E-state index contributed by atoms with van der Waals surface area (Å²) in [4.78, 5) is 16.5. The maximum absolute atomic E-state index is 12.1. The lowest BCUT2D eigenvalue weighted by atomic mass is 9.95. The number of para-hydroxylation sites is 1. The van der Waals surface area contributed by atoms with Crippen molar-refractivity contribution in [2.24, 2.45) is 0 Å². The number of nitrogens with one attached hydrogen (secondary N) is 1. The molecular formula is C14H16N2OS. The van der Waals surface area contributed by atoms with Gasteiger partial charge in [-0.2, -0.15) is 0 Å². The normalized spacial score (nSPS) is 16.9. The first kappa shape index (κ1) is 11.7. The summed E-state index contributed by atoms with van der Waals surface area (Å²) in [7, 11) is 0. The summed E-state index contributed by atoms with van der Waals surface area (Å²) in [5, 5.41) is 3.69. The molecule has 0 saturated heterocycles. The molecule has 1 saturated carbocycles. The molecule has 1 N–H and O–H groups in total. The zero-order chi connectivity index (χ0) is 12.4. The Hall–Kier alpha value is -1.42. The van der Waals surface area contributed by atoms with E-state index in [1.54, 1.807) is 0 Å². The molecule has 18 heavy (non-hydrogen) atoms. The van der Waals surface area contributed by atoms with Crippen LogP contribution in [0.5, 0.6) is 0 Å². The van der Waals surface area contributed by atoms with Crippen LogP contribution in [0.2, 0.25) is 0 Å². The van der Waals surface area contributed by atoms with Crippen molar-refractivity contribution in [3.05, 3.63) is 29.3 Å². The van der Waals surface area contributed by atoms with Gasteiger partial charge in [0.15, 0.2) is 5.01 Å². The van der Waals surface area contributed by atoms with Crippen LogP contribution in [0.1, 0.15) is 41.9 Å². The van der Waals surface area contributed by atoms with Gasteiger partial charge in [0.05, 0.1) is 10.2 Å². The third-order valence-corrected chi connectivity index (χ3v) is 4.46. The average Bonchev–Trinajstić information content (AvgIpc) is 2.84. The summed E-state index contributed by atoms with van der Waals surface area (Å²) in [6, 6.07) is 8.22. The molecule has 3 nitrogen and oxygen atoms in total. The molecule has 94 valence electrons. The third-order valence-electron chi connectivity index (χ3n) is 3.43. The summed E-state index contributed by atoms with van der Waals surface area (Å²) in [6.45, 7) is 0. The van der Waals surface area contributed by atoms with Gasteiger partial charge in [-0.3, -0.25) is 4.79 Å². The molecule has 1 amide bonds. The number of aromatic nitrogens is 1. The van der Waals surface area contributed by atoms with Gasteiger partial charge in [0.2, 0.25) is 0 Å². The number of hydrogen-bond donors (Lipinski definition) is 1. The van der Waals surface area contributed by atoms with E-state index < -0.39 is 0 Å². The lowest BCUT2D eigenvalue weighted by molar-refractivity contribution is 0.0927. The highest BCUT2D eigenvalue weighted by Crippen LogP contribution is 2.22. The molecule has 2 aromatic rings. The van der Waals surface area contributed by atoms with Crippen LogP contribution < -0.4 is 5.32 Å². The number of carbonyl (C=O) groups excluding carboxylic acids is 1. The first-order valence-electron chi connectivity index (χ1n) is 6.49. The van der Waals surface area contributed by atoms with Crippen molar-refractivity contribution < 1.29 is 4.79 Å². The van der Waals surface area contributed by atoms with Gasteiger partial charge in [-0.05, 0) is 25.0 Å². The van der Waals surface area contributed by atoms with Crippen molar-refractivity contribution >= 4 is 27.5 Å². The number of amides is 1. The maximum Gasteiger partial charge on any atom is 0.280 e. The standard InChI is InChI=1S/C14H16N2OS/c17-13(15-10-6-2-1-3-7-10)14-16-11-8-4-5-9-12(11)18-14/h4-5,8-10H,1-3,6-7H2,(H,15,17). The van der Waals surface area contributed by atoms with E-state index in [4.69, 9.17) is 0 Å². The second kappa shape index (κ2) is 5.06. The number of rotatable bonds is 2. The predicted molar refractivity (Wildman–Crippen MR) is 74.0 cm³/mol. The molecule has 1 aliphatic rings. The van der Waals surface area contributed by atoms with Crippen molar-refractivity contribution in [3.8, 4) is 0 Å². The fourth-order valence-electron chi connectivity index (χ4n) is 2.46. The second-order valence-corrected chi connectivity index (χ2v) is 5.83. The lowest BCUT2D eigenvalue weighted by Crippen LogP contribution is -2.36. The van der Waals surface area contributed by atoms with Crippen LogP contribution in [0.3, 0.4) is 0 Å². The van der Waals surface area contributed by atoms with E-state index in [0.717, 1.165) is 23.1 Å². The summed E-state index contributed by atoms with van der Waals surface area (Å²) < 4.78 is 1.08. The Morgan fingerprint density at radius 2 is 2.00 bits per heavy atom. The molecular weight excluding hydrogens is 244 g/mol. The Morgan fingerprint density at radius 3 is 2.78 bits per heavy atom. The Morgan fingerprint density at radius 1 is 1.22 bits per heavy atom. The molecule has 4 heteroatoms. The summed E-state index contributed by atoms with van der Waals surface area (Å²) in [5.41, 5.74) is 0.913. The number of fused-ring (bicyclic) bond motifs is 1. The zero-order valence-electron chi connectivity index (χ0n) is 10.2. The largest absolute Gasteiger partial charge is 0.347 e. The maximum atomic E-state index is 12.1. The van der Waals surface area contributed by atoms with Crippen molar-refractivity contribution in [3.63, 3.8) is 0 Å². The van der Waals surface area contributed by atoms with Crippen LogP contribution in [0.4, 0.5) is 0 Å². The molecule has 0 unspecified atom stereocenters. The Labute approximate surface area is 110 Å². The molecule has 0 radical (unpaired) electrons. The molecule has 0 bridgehead atoms. The number of hydrogen-bond acceptors (Lipinski definition) is 3. The molecule has 0 aliphatic heterocycles. The fourth-order valence-corrected chi connectivity index (χ4v) is 3.33. The topological polar surface area (TPSA) is 42.0 Å². The van der Waals surface area contributed by atoms with Gasteiger partial charge in [-0.1, -0.05) is 31.4 Å². The second-order valence-electron chi connectivity index (χ2n) is 4.80. The van der Waals surface area contributed by atoms with Crippen LogP contribution in [0, 0.1) is 0 Å². The Balaban J connectivity index is 1.74. The molecule has 1 aliphatic carbocycles. The van der Waals surface area contributed by atoms with E-state index in [-0.39, 0.29) is 5.91 Å². The minimum Gasteiger partial charge on any atom is -0.347 e. The first-order valence-corrected chi connectivity index (χ1v) is 7.31. The van der Waals surface area contributed by atoms with Gasteiger partial charge >= 0.3 is 0 Å². The van der Waals surface area contributed by atoms with Gasteiger partial charge in [0, 0.05) is 6.04 Å². The molecule has 0 spiro atoms. The van der Waals surface area contributed by atoms with E-state index in [2.05, 4.69) is 10.3 Å². The van der Waals surface area contributed by atoms with Gasteiger partial charge in [0.25, 0.3) is 5.91 Å². The summed E-state index contributed by atoms with van der Waals surface area (Å²) >= 11 is 1.47. The Kier molecular flexibility index (Phi) is 3.28. The van der Waals surface area contributed by atoms with Crippen molar-refractivity contribution in [1.29, 1.82) is 0 Å². The summed E-state index contributed by atoms with van der Waals surface area (Å²) in [6.07, 6.45) is 5.97. The molecule has 1 aromatic carbocycles. The van der Waals surface area contributed by atoms with Gasteiger partial charge in [-0.25, -0.2) is 4.98 Å². The fraction of sp³-hybridized carbons (Fsp3) is 0.429. The lowest BCUT2D eigenvalue weighted by Gasteiger charge is -2.22. The third kappa shape index (κ3) is 2.38. The monoisotopic (exact) mass is 260 g/mol. The minimum absolute atomic E-state index is 0.0110. The number of nitrogens with zero attached hydrogens (tertiary/aromatic N) is 1.